The molecule has 0 radical (unpaired) electrons. The van der Waals surface area contributed by atoms with Gasteiger partial charge in [-0.1, -0.05) is 49.7 Å². The molecule has 0 unspecified atom stereocenters. The summed E-state index contributed by atoms with van der Waals surface area (Å²) in [6.07, 6.45) is 2.53. The molecule has 2 aromatic carbocycles. The Morgan fingerprint density at radius 3 is 2.36 bits per heavy atom. The van der Waals surface area contributed by atoms with E-state index in [9.17, 15) is 5.11 Å². The average Bonchev–Trinajstić information content (AvgIpc) is 2.66. The fourth-order valence-electron chi connectivity index (χ4n) is 2.99. The molecule has 0 saturated carbocycles. The van der Waals surface area contributed by atoms with Crippen molar-refractivity contribution in [2.75, 3.05) is 20.8 Å². The van der Waals surface area contributed by atoms with E-state index >= 15 is 0 Å². The van der Waals surface area contributed by atoms with E-state index in [1.807, 2.05) is 42.5 Å². The van der Waals surface area contributed by atoms with Crippen molar-refractivity contribution in [3.05, 3.63) is 59.7 Å². The lowest BCUT2D eigenvalue weighted by atomic mass is 10.0. The monoisotopic (exact) mass is 343 g/mol. The highest BCUT2D eigenvalue weighted by Crippen LogP contribution is 2.28. The molecule has 0 aliphatic carbocycles. The second-order valence-corrected chi connectivity index (χ2v) is 6.21. The number of aliphatic hydroxyl groups excluding tert-OH is 1. The topological polar surface area (TPSA) is 50.7 Å². The molecule has 0 heterocycles. The van der Waals surface area contributed by atoms with Crippen molar-refractivity contribution in [2.45, 2.75) is 38.3 Å². The summed E-state index contributed by atoms with van der Waals surface area (Å²) >= 11 is 0. The molecule has 0 saturated heterocycles. The molecule has 2 rings (SSSR count). The third kappa shape index (κ3) is 5.76. The first-order valence-electron chi connectivity index (χ1n) is 8.85. The number of benzene rings is 2. The molecular formula is C21H29NO3. The van der Waals surface area contributed by atoms with Crippen LogP contribution in [-0.4, -0.2) is 31.9 Å². The van der Waals surface area contributed by atoms with E-state index in [1.165, 1.54) is 5.56 Å². The summed E-state index contributed by atoms with van der Waals surface area (Å²) in [6.45, 7) is 2.72. The highest BCUT2D eigenvalue weighted by atomic mass is 16.5. The summed E-state index contributed by atoms with van der Waals surface area (Å²) in [4.78, 5) is 0. The predicted octanol–water partition coefficient (Wildman–Crippen LogP) is 3.74. The standard InChI is InChI=1S/C21H29NO3/c1-4-8-18(22-15-19(23)17-9-6-5-7-10-17)13-16-11-12-20(24-2)21(14-16)25-3/h5-7,9-12,14,18-19,22-23H,4,8,13,15H2,1-3H3/t18-,19+/m1/s1. The normalized spacial score (nSPS) is 13.3. The predicted molar refractivity (Wildman–Crippen MR) is 101 cm³/mol. The van der Waals surface area contributed by atoms with Crippen molar-refractivity contribution < 1.29 is 14.6 Å². The van der Waals surface area contributed by atoms with Crippen LogP contribution in [0.1, 0.15) is 37.0 Å². The zero-order valence-corrected chi connectivity index (χ0v) is 15.4. The zero-order valence-electron chi connectivity index (χ0n) is 15.4. The first-order chi connectivity index (χ1) is 12.2. The van der Waals surface area contributed by atoms with Crippen LogP contribution in [0.25, 0.3) is 0 Å². The molecule has 136 valence electrons. The van der Waals surface area contributed by atoms with Crippen molar-refractivity contribution in [1.29, 1.82) is 0 Å². The molecule has 2 atom stereocenters. The van der Waals surface area contributed by atoms with E-state index < -0.39 is 6.10 Å². The fraction of sp³-hybridized carbons (Fsp3) is 0.429. The zero-order chi connectivity index (χ0) is 18.1. The van der Waals surface area contributed by atoms with Gasteiger partial charge in [-0.05, 0) is 36.1 Å². The van der Waals surface area contributed by atoms with Gasteiger partial charge < -0.3 is 19.9 Å². The SMILES string of the molecule is CCC[C@H](Cc1ccc(OC)c(OC)c1)NC[C@H](O)c1ccccc1. The molecule has 2 N–H and O–H groups in total. The van der Waals surface area contributed by atoms with E-state index in [0.717, 1.165) is 36.3 Å². The van der Waals surface area contributed by atoms with Gasteiger partial charge in [0.05, 0.1) is 20.3 Å². The molecule has 0 aromatic heterocycles. The Hall–Kier alpha value is -2.04. The Kier molecular flexibility index (Phi) is 7.76. The molecular weight excluding hydrogens is 314 g/mol. The van der Waals surface area contributed by atoms with Gasteiger partial charge in [-0.3, -0.25) is 0 Å². The molecule has 0 aliphatic heterocycles. The van der Waals surface area contributed by atoms with Gasteiger partial charge in [0, 0.05) is 12.6 Å². The van der Waals surface area contributed by atoms with Crippen LogP contribution >= 0.6 is 0 Å². The number of nitrogens with one attached hydrogen (secondary N) is 1. The highest BCUT2D eigenvalue weighted by molar-refractivity contribution is 5.43. The van der Waals surface area contributed by atoms with Gasteiger partial charge in [-0.2, -0.15) is 0 Å². The van der Waals surface area contributed by atoms with Gasteiger partial charge in [-0.25, -0.2) is 0 Å². The van der Waals surface area contributed by atoms with Crippen LogP contribution in [0.2, 0.25) is 0 Å². The van der Waals surface area contributed by atoms with Crippen molar-refractivity contribution >= 4 is 0 Å². The van der Waals surface area contributed by atoms with E-state index in [1.54, 1.807) is 14.2 Å². The molecule has 0 bridgehead atoms. The first kappa shape index (κ1) is 19.3. The van der Waals surface area contributed by atoms with Crippen LogP contribution in [0.3, 0.4) is 0 Å². The van der Waals surface area contributed by atoms with Crippen molar-refractivity contribution in [1.82, 2.24) is 5.32 Å². The maximum absolute atomic E-state index is 10.4. The van der Waals surface area contributed by atoms with Crippen LogP contribution < -0.4 is 14.8 Å². The summed E-state index contributed by atoms with van der Waals surface area (Å²) < 4.78 is 10.7. The Morgan fingerprint density at radius 2 is 1.72 bits per heavy atom. The van der Waals surface area contributed by atoms with Crippen LogP contribution in [0, 0.1) is 0 Å². The smallest absolute Gasteiger partial charge is 0.160 e. The largest absolute Gasteiger partial charge is 0.493 e. The minimum absolute atomic E-state index is 0.307. The van der Waals surface area contributed by atoms with Crippen molar-refractivity contribution in [3.8, 4) is 11.5 Å². The fourth-order valence-corrected chi connectivity index (χ4v) is 2.99. The average molecular weight is 343 g/mol. The van der Waals surface area contributed by atoms with E-state index in [4.69, 9.17) is 9.47 Å². The maximum Gasteiger partial charge on any atom is 0.160 e. The molecule has 0 spiro atoms. The van der Waals surface area contributed by atoms with Crippen LogP contribution in [-0.2, 0) is 6.42 Å². The van der Waals surface area contributed by atoms with E-state index in [2.05, 4.69) is 18.3 Å². The first-order valence-corrected chi connectivity index (χ1v) is 8.85. The molecule has 25 heavy (non-hydrogen) atoms. The van der Waals surface area contributed by atoms with Crippen molar-refractivity contribution in [3.63, 3.8) is 0 Å². The Morgan fingerprint density at radius 1 is 1.00 bits per heavy atom. The number of aliphatic hydroxyl groups is 1. The van der Waals surface area contributed by atoms with Gasteiger partial charge in [0.2, 0.25) is 0 Å². The number of hydrogen-bond acceptors (Lipinski definition) is 4. The minimum Gasteiger partial charge on any atom is -0.493 e. The summed E-state index contributed by atoms with van der Waals surface area (Å²) in [5.41, 5.74) is 2.13. The van der Waals surface area contributed by atoms with Crippen LogP contribution in [0.15, 0.2) is 48.5 Å². The number of rotatable bonds is 10. The highest BCUT2D eigenvalue weighted by Gasteiger charge is 2.14. The van der Waals surface area contributed by atoms with Crippen molar-refractivity contribution in [2.24, 2.45) is 0 Å². The minimum atomic E-state index is -0.494. The molecule has 4 heteroatoms. The number of methoxy groups -OCH3 is 2. The maximum atomic E-state index is 10.4. The van der Waals surface area contributed by atoms with E-state index in [0.29, 0.717) is 12.6 Å². The summed E-state index contributed by atoms with van der Waals surface area (Å²) in [6, 6.07) is 16.1. The molecule has 0 amide bonds. The lowest BCUT2D eigenvalue weighted by molar-refractivity contribution is 0.168. The van der Waals surface area contributed by atoms with Crippen LogP contribution in [0.5, 0.6) is 11.5 Å². The lowest BCUT2D eigenvalue weighted by Gasteiger charge is -2.21. The second kappa shape index (κ2) is 10.1. The van der Waals surface area contributed by atoms with Gasteiger partial charge in [0.25, 0.3) is 0 Å². The van der Waals surface area contributed by atoms with Gasteiger partial charge >= 0.3 is 0 Å². The third-order valence-corrected chi connectivity index (χ3v) is 4.35. The summed E-state index contributed by atoms with van der Waals surface area (Å²) in [5.74, 6) is 1.49. The van der Waals surface area contributed by atoms with Gasteiger partial charge in [-0.15, -0.1) is 0 Å². The molecule has 4 nitrogen and oxygen atoms in total. The Labute approximate surface area is 150 Å². The molecule has 0 fully saturated rings. The van der Waals surface area contributed by atoms with E-state index in [-0.39, 0.29) is 0 Å². The Bertz CT molecular complexity index is 630. The summed E-state index contributed by atoms with van der Waals surface area (Å²) in [5, 5.41) is 13.9. The quantitative estimate of drug-likeness (QED) is 0.690. The second-order valence-electron chi connectivity index (χ2n) is 6.21. The third-order valence-electron chi connectivity index (χ3n) is 4.35. The number of hydrogen-bond donors (Lipinski definition) is 2. The number of ether oxygens (including phenoxy) is 2. The molecule has 2 aromatic rings. The van der Waals surface area contributed by atoms with Gasteiger partial charge in [0.1, 0.15) is 0 Å². The summed E-state index contributed by atoms with van der Waals surface area (Å²) in [7, 11) is 3.30. The Balaban J connectivity index is 1.98. The molecule has 0 aliphatic rings. The van der Waals surface area contributed by atoms with Gasteiger partial charge in [0.15, 0.2) is 11.5 Å². The lowest BCUT2D eigenvalue weighted by Crippen LogP contribution is -2.34. The van der Waals surface area contributed by atoms with Crippen LogP contribution in [0.4, 0.5) is 0 Å².